The first-order chi connectivity index (χ1) is 7.03. The highest BCUT2D eigenvalue weighted by molar-refractivity contribution is 9.09. The van der Waals surface area contributed by atoms with Gasteiger partial charge >= 0.3 is 0 Å². The Morgan fingerprint density at radius 2 is 1.80 bits per heavy atom. The quantitative estimate of drug-likeness (QED) is 0.805. The van der Waals surface area contributed by atoms with Gasteiger partial charge in [0.25, 0.3) is 0 Å². The lowest BCUT2D eigenvalue weighted by Crippen LogP contribution is -2.38. The highest BCUT2D eigenvalue weighted by Gasteiger charge is 2.15. The van der Waals surface area contributed by atoms with Gasteiger partial charge in [-0.15, -0.1) is 0 Å². The van der Waals surface area contributed by atoms with Crippen LogP contribution in [0.4, 0.5) is 0 Å². The molecule has 0 saturated heterocycles. The number of rotatable bonds is 5. The van der Waals surface area contributed by atoms with Crippen molar-refractivity contribution in [1.29, 1.82) is 0 Å². The van der Waals surface area contributed by atoms with Crippen LogP contribution < -0.4 is 5.32 Å². The van der Waals surface area contributed by atoms with E-state index in [4.69, 9.17) is 0 Å². The summed E-state index contributed by atoms with van der Waals surface area (Å²) < 4.78 is 0. The van der Waals surface area contributed by atoms with Crippen LogP contribution in [0.5, 0.6) is 0 Å². The fraction of sp³-hybridized carbons (Fsp3) is 0.538. The summed E-state index contributed by atoms with van der Waals surface area (Å²) in [7, 11) is 0. The lowest BCUT2D eigenvalue weighted by Gasteiger charge is -2.25. The molecule has 0 atom stereocenters. The van der Waals surface area contributed by atoms with E-state index in [1.807, 2.05) is 0 Å². The molecule has 0 heterocycles. The van der Waals surface area contributed by atoms with E-state index in [-0.39, 0.29) is 5.54 Å². The van der Waals surface area contributed by atoms with Crippen LogP contribution in [-0.2, 0) is 6.54 Å². The second kappa shape index (κ2) is 5.66. The molecule has 0 radical (unpaired) electrons. The fourth-order valence-corrected chi connectivity index (χ4v) is 2.36. The molecule has 0 bridgehead atoms. The van der Waals surface area contributed by atoms with Crippen molar-refractivity contribution in [1.82, 2.24) is 5.32 Å². The van der Waals surface area contributed by atoms with E-state index in [2.05, 4.69) is 66.3 Å². The number of hydrogen-bond acceptors (Lipinski definition) is 1. The summed E-state index contributed by atoms with van der Waals surface area (Å²) in [6.45, 7) is 7.54. The van der Waals surface area contributed by atoms with E-state index in [9.17, 15) is 0 Å². The molecule has 84 valence electrons. The first-order valence-electron chi connectivity index (χ1n) is 5.40. The van der Waals surface area contributed by atoms with Crippen LogP contribution in [0, 0.1) is 6.92 Å². The standard InChI is InChI=1S/C13H20BrN/c1-11-4-6-12(7-5-11)10-15-13(2,3)8-9-14/h4-7,15H,8-10H2,1-3H3. The molecule has 0 saturated carbocycles. The summed E-state index contributed by atoms with van der Waals surface area (Å²) in [6, 6.07) is 8.70. The van der Waals surface area contributed by atoms with E-state index < -0.39 is 0 Å². The predicted octanol–water partition coefficient (Wildman–Crippen LogP) is 3.65. The predicted molar refractivity (Wildman–Crippen MR) is 70.5 cm³/mol. The third-order valence-corrected chi connectivity index (χ3v) is 3.01. The van der Waals surface area contributed by atoms with Crippen molar-refractivity contribution in [2.75, 3.05) is 5.33 Å². The van der Waals surface area contributed by atoms with Crippen LogP contribution in [0.1, 0.15) is 31.4 Å². The summed E-state index contributed by atoms with van der Waals surface area (Å²) in [5, 5.41) is 4.61. The number of hydrogen-bond donors (Lipinski definition) is 1. The number of alkyl halides is 1. The average Bonchev–Trinajstić information content (AvgIpc) is 2.17. The van der Waals surface area contributed by atoms with Gasteiger partial charge in [0.15, 0.2) is 0 Å². The topological polar surface area (TPSA) is 12.0 Å². The molecule has 0 unspecified atom stereocenters. The first-order valence-corrected chi connectivity index (χ1v) is 6.52. The van der Waals surface area contributed by atoms with Gasteiger partial charge in [-0.1, -0.05) is 45.8 Å². The van der Waals surface area contributed by atoms with Crippen molar-refractivity contribution in [2.24, 2.45) is 0 Å². The van der Waals surface area contributed by atoms with Gasteiger partial charge in [-0.25, -0.2) is 0 Å². The summed E-state index contributed by atoms with van der Waals surface area (Å²) >= 11 is 3.48. The van der Waals surface area contributed by atoms with Gasteiger partial charge in [0.2, 0.25) is 0 Å². The van der Waals surface area contributed by atoms with Crippen molar-refractivity contribution >= 4 is 15.9 Å². The van der Waals surface area contributed by atoms with Crippen molar-refractivity contribution in [3.8, 4) is 0 Å². The van der Waals surface area contributed by atoms with Gasteiger partial charge < -0.3 is 5.32 Å². The average molecular weight is 270 g/mol. The van der Waals surface area contributed by atoms with Gasteiger partial charge in [0, 0.05) is 17.4 Å². The summed E-state index contributed by atoms with van der Waals surface area (Å²) in [5.41, 5.74) is 2.87. The molecule has 0 aliphatic carbocycles. The maximum atomic E-state index is 3.57. The van der Waals surface area contributed by atoms with Crippen LogP contribution in [-0.4, -0.2) is 10.9 Å². The molecule has 0 aromatic heterocycles. The van der Waals surface area contributed by atoms with E-state index in [1.54, 1.807) is 0 Å². The zero-order valence-corrected chi connectivity index (χ0v) is 11.4. The van der Waals surface area contributed by atoms with Gasteiger partial charge in [-0.05, 0) is 32.8 Å². The van der Waals surface area contributed by atoms with Crippen LogP contribution in [0.15, 0.2) is 24.3 Å². The molecule has 0 fully saturated rings. The Bertz CT molecular complexity index is 290. The van der Waals surface area contributed by atoms with Crippen LogP contribution >= 0.6 is 15.9 Å². The van der Waals surface area contributed by atoms with Crippen LogP contribution in [0.2, 0.25) is 0 Å². The number of halogens is 1. The fourth-order valence-electron chi connectivity index (χ4n) is 1.37. The summed E-state index contributed by atoms with van der Waals surface area (Å²) in [4.78, 5) is 0. The SMILES string of the molecule is Cc1ccc(CNC(C)(C)CCBr)cc1. The van der Waals surface area contributed by atoms with E-state index in [0.29, 0.717) is 0 Å². The second-order valence-electron chi connectivity index (χ2n) is 4.66. The zero-order chi connectivity index (χ0) is 11.3. The zero-order valence-electron chi connectivity index (χ0n) is 9.81. The maximum Gasteiger partial charge on any atom is 0.0210 e. The minimum absolute atomic E-state index is 0.203. The van der Waals surface area contributed by atoms with E-state index in [1.165, 1.54) is 11.1 Å². The molecule has 1 aromatic carbocycles. The van der Waals surface area contributed by atoms with E-state index >= 15 is 0 Å². The van der Waals surface area contributed by atoms with Crippen molar-refractivity contribution in [3.63, 3.8) is 0 Å². The van der Waals surface area contributed by atoms with Crippen molar-refractivity contribution in [2.45, 2.75) is 39.3 Å². The lowest BCUT2D eigenvalue weighted by atomic mass is 10.0. The monoisotopic (exact) mass is 269 g/mol. The number of aryl methyl sites for hydroxylation is 1. The maximum absolute atomic E-state index is 3.57. The Kier molecular flexibility index (Phi) is 4.81. The molecular formula is C13H20BrN. The summed E-state index contributed by atoms with van der Waals surface area (Å²) in [6.07, 6.45) is 1.14. The van der Waals surface area contributed by atoms with Crippen LogP contribution in [0.3, 0.4) is 0 Å². The van der Waals surface area contributed by atoms with Gasteiger partial charge in [-0.2, -0.15) is 0 Å². The molecule has 0 aliphatic rings. The molecular weight excluding hydrogens is 250 g/mol. The smallest absolute Gasteiger partial charge is 0.0210 e. The third-order valence-electron chi connectivity index (χ3n) is 2.61. The molecule has 1 nitrogen and oxygen atoms in total. The molecule has 1 rings (SSSR count). The second-order valence-corrected chi connectivity index (χ2v) is 5.46. The molecule has 15 heavy (non-hydrogen) atoms. The Hall–Kier alpha value is -0.340. The minimum atomic E-state index is 0.203. The molecule has 0 aliphatic heterocycles. The first kappa shape index (κ1) is 12.7. The highest BCUT2D eigenvalue weighted by Crippen LogP contribution is 2.11. The molecule has 0 spiro atoms. The van der Waals surface area contributed by atoms with Crippen molar-refractivity contribution in [3.05, 3.63) is 35.4 Å². The minimum Gasteiger partial charge on any atom is -0.308 e. The third kappa shape index (κ3) is 4.80. The molecule has 1 aromatic rings. The normalized spacial score (nSPS) is 11.7. The summed E-state index contributed by atoms with van der Waals surface area (Å²) in [5.74, 6) is 0. The Labute approximate surface area is 101 Å². The van der Waals surface area contributed by atoms with Crippen molar-refractivity contribution < 1.29 is 0 Å². The number of benzene rings is 1. The number of nitrogens with one attached hydrogen (secondary N) is 1. The Morgan fingerprint density at radius 1 is 1.20 bits per heavy atom. The molecule has 0 amide bonds. The van der Waals surface area contributed by atoms with Crippen LogP contribution in [0.25, 0.3) is 0 Å². The Balaban J connectivity index is 2.46. The highest BCUT2D eigenvalue weighted by atomic mass is 79.9. The lowest BCUT2D eigenvalue weighted by molar-refractivity contribution is 0.378. The largest absolute Gasteiger partial charge is 0.308 e. The Morgan fingerprint density at radius 3 is 2.33 bits per heavy atom. The van der Waals surface area contributed by atoms with Gasteiger partial charge in [0.1, 0.15) is 0 Å². The molecule has 1 N–H and O–H groups in total. The van der Waals surface area contributed by atoms with Gasteiger partial charge in [0.05, 0.1) is 0 Å². The molecule has 2 heteroatoms. The van der Waals surface area contributed by atoms with Gasteiger partial charge in [-0.3, -0.25) is 0 Å². The van der Waals surface area contributed by atoms with E-state index in [0.717, 1.165) is 18.3 Å².